The van der Waals surface area contributed by atoms with Crippen LogP contribution in [0.5, 0.6) is 5.75 Å². The molecule has 3 unspecified atom stereocenters. The highest BCUT2D eigenvalue weighted by Crippen LogP contribution is 2.35. The van der Waals surface area contributed by atoms with Crippen molar-refractivity contribution in [3.05, 3.63) is 65.7 Å². The normalized spacial score (nSPS) is 22.3. The van der Waals surface area contributed by atoms with Gasteiger partial charge in [0.05, 0.1) is 13.2 Å². The molecular formula is C35H51N5O4. The molecule has 0 aromatic heterocycles. The highest BCUT2D eigenvalue weighted by molar-refractivity contribution is 5.94. The molecule has 240 valence electrons. The minimum Gasteiger partial charge on any atom is -0.497 e. The van der Waals surface area contributed by atoms with E-state index in [1.165, 1.54) is 0 Å². The summed E-state index contributed by atoms with van der Waals surface area (Å²) in [5.74, 6) is 0.393. The van der Waals surface area contributed by atoms with Gasteiger partial charge >= 0.3 is 0 Å². The van der Waals surface area contributed by atoms with Crippen molar-refractivity contribution >= 4 is 17.7 Å². The van der Waals surface area contributed by atoms with E-state index >= 15 is 0 Å². The first-order chi connectivity index (χ1) is 21.4. The molecule has 44 heavy (non-hydrogen) atoms. The maximum atomic E-state index is 14.4. The molecule has 9 nitrogen and oxygen atoms in total. The van der Waals surface area contributed by atoms with Crippen LogP contribution < -0.4 is 20.7 Å². The molecule has 0 radical (unpaired) electrons. The number of carbonyl (C=O) groups excluding carboxylic acids is 3. The number of hydrogen-bond donors (Lipinski definition) is 3. The summed E-state index contributed by atoms with van der Waals surface area (Å²) in [6, 6.07) is 16.1. The number of hydrogen-bond acceptors (Lipinski definition) is 6. The van der Waals surface area contributed by atoms with E-state index in [0.29, 0.717) is 25.8 Å². The van der Waals surface area contributed by atoms with Crippen LogP contribution in [0.4, 0.5) is 0 Å². The Kier molecular flexibility index (Phi) is 12.6. The lowest BCUT2D eigenvalue weighted by Gasteiger charge is -2.33. The molecule has 2 saturated heterocycles. The maximum absolute atomic E-state index is 14.4. The Labute approximate surface area is 263 Å². The fourth-order valence-corrected chi connectivity index (χ4v) is 6.74. The molecule has 2 aliphatic heterocycles. The molecule has 3 amide bonds. The number of amides is 3. The van der Waals surface area contributed by atoms with Gasteiger partial charge in [-0.1, -0.05) is 56.3 Å². The molecule has 0 spiro atoms. The molecule has 5 atom stereocenters. The van der Waals surface area contributed by atoms with Crippen molar-refractivity contribution in [2.24, 2.45) is 5.92 Å². The largest absolute Gasteiger partial charge is 0.497 e. The van der Waals surface area contributed by atoms with Crippen molar-refractivity contribution in [2.75, 3.05) is 40.3 Å². The van der Waals surface area contributed by atoms with Crippen LogP contribution in [0.15, 0.2) is 54.6 Å². The van der Waals surface area contributed by atoms with E-state index in [0.717, 1.165) is 62.2 Å². The van der Waals surface area contributed by atoms with Gasteiger partial charge in [-0.25, -0.2) is 0 Å². The van der Waals surface area contributed by atoms with E-state index in [1.54, 1.807) is 14.2 Å². The van der Waals surface area contributed by atoms with E-state index in [4.69, 9.17) is 4.74 Å². The third-order valence-electron chi connectivity index (χ3n) is 9.50. The average Bonchev–Trinajstić information content (AvgIpc) is 3.44. The first-order valence-corrected chi connectivity index (χ1v) is 16.3. The lowest BCUT2D eigenvalue weighted by atomic mass is 9.89. The Hall–Kier alpha value is -3.43. The second kappa shape index (κ2) is 16.6. The SMILES string of the molecule is CCN(CC)CCC1CC[C@H]2CC[C@@H](C(=O)NCCc3ccc(OC)cc3)N2C(=O)C1NC(=O)C(Cc1ccccc1)NC. The minimum absolute atomic E-state index is 0.00525. The van der Waals surface area contributed by atoms with Gasteiger partial charge in [0.1, 0.15) is 17.8 Å². The highest BCUT2D eigenvalue weighted by Gasteiger charge is 2.47. The molecule has 0 saturated carbocycles. The van der Waals surface area contributed by atoms with Crippen molar-refractivity contribution in [1.82, 2.24) is 25.8 Å². The summed E-state index contributed by atoms with van der Waals surface area (Å²) in [6.07, 6.45) is 5.17. The number of benzene rings is 2. The van der Waals surface area contributed by atoms with Crippen molar-refractivity contribution in [3.63, 3.8) is 0 Å². The molecule has 2 fully saturated rings. The quantitative estimate of drug-likeness (QED) is 0.288. The molecule has 4 rings (SSSR count). The molecule has 2 aliphatic rings. The zero-order valence-corrected chi connectivity index (χ0v) is 26.9. The molecule has 2 aromatic carbocycles. The van der Waals surface area contributed by atoms with Crippen LogP contribution in [-0.4, -0.2) is 92.0 Å². The number of carbonyl (C=O) groups is 3. The number of fused-ring (bicyclic) bond motifs is 1. The maximum Gasteiger partial charge on any atom is 0.246 e. The zero-order chi connectivity index (χ0) is 31.5. The van der Waals surface area contributed by atoms with Gasteiger partial charge in [-0.05, 0) is 101 Å². The number of nitrogens with one attached hydrogen (secondary N) is 3. The Bertz CT molecular complexity index is 1200. The molecular weight excluding hydrogens is 554 g/mol. The van der Waals surface area contributed by atoms with Crippen molar-refractivity contribution in [3.8, 4) is 5.75 Å². The summed E-state index contributed by atoms with van der Waals surface area (Å²) < 4.78 is 5.24. The number of nitrogens with zero attached hydrogens (tertiary/aromatic N) is 2. The van der Waals surface area contributed by atoms with E-state index in [1.807, 2.05) is 59.5 Å². The topological polar surface area (TPSA) is 103 Å². The van der Waals surface area contributed by atoms with Crippen LogP contribution in [-0.2, 0) is 27.2 Å². The summed E-state index contributed by atoms with van der Waals surface area (Å²) >= 11 is 0. The van der Waals surface area contributed by atoms with Crippen LogP contribution >= 0.6 is 0 Å². The van der Waals surface area contributed by atoms with E-state index in [2.05, 4.69) is 34.7 Å². The van der Waals surface area contributed by atoms with Gasteiger partial charge < -0.3 is 30.5 Å². The summed E-state index contributed by atoms with van der Waals surface area (Å²) in [7, 11) is 3.42. The van der Waals surface area contributed by atoms with E-state index in [9.17, 15) is 14.4 Å². The van der Waals surface area contributed by atoms with Crippen LogP contribution in [0.2, 0.25) is 0 Å². The summed E-state index contributed by atoms with van der Waals surface area (Å²) in [5, 5.41) is 9.42. The van der Waals surface area contributed by atoms with Crippen LogP contribution in [0, 0.1) is 5.92 Å². The third kappa shape index (κ3) is 8.60. The molecule has 0 bridgehead atoms. The second-order valence-corrected chi connectivity index (χ2v) is 12.1. The van der Waals surface area contributed by atoms with E-state index < -0.39 is 18.1 Å². The predicted octanol–water partition coefficient (Wildman–Crippen LogP) is 3.17. The monoisotopic (exact) mass is 605 g/mol. The van der Waals surface area contributed by atoms with Gasteiger partial charge in [0.15, 0.2) is 0 Å². The molecule has 3 N–H and O–H groups in total. The number of likely N-dealkylation sites (N-methyl/N-ethyl adjacent to an activating group) is 1. The van der Waals surface area contributed by atoms with Gasteiger partial charge in [-0.2, -0.15) is 0 Å². The summed E-state index contributed by atoms with van der Waals surface area (Å²) in [4.78, 5) is 45.7. The minimum atomic E-state index is -0.664. The summed E-state index contributed by atoms with van der Waals surface area (Å²) in [6.45, 7) is 7.55. The summed E-state index contributed by atoms with van der Waals surface area (Å²) in [5.41, 5.74) is 2.16. The Morgan fingerprint density at radius 1 is 0.977 bits per heavy atom. The second-order valence-electron chi connectivity index (χ2n) is 12.1. The lowest BCUT2D eigenvalue weighted by Crippen LogP contribution is -2.58. The number of rotatable bonds is 15. The van der Waals surface area contributed by atoms with Crippen molar-refractivity contribution in [1.29, 1.82) is 0 Å². The van der Waals surface area contributed by atoms with Crippen molar-refractivity contribution in [2.45, 2.75) is 83.0 Å². The fraction of sp³-hybridized carbons (Fsp3) is 0.571. The first kappa shape index (κ1) is 33.5. The van der Waals surface area contributed by atoms with Crippen LogP contribution in [0.25, 0.3) is 0 Å². The molecule has 0 aliphatic carbocycles. The number of methoxy groups -OCH3 is 1. The predicted molar refractivity (Wildman–Crippen MR) is 173 cm³/mol. The Morgan fingerprint density at radius 3 is 2.34 bits per heavy atom. The van der Waals surface area contributed by atoms with Crippen molar-refractivity contribution < 1.29 is 19.1 Å². The fourth-order valence-electron chi connectivity index (χ4n) is 6.74. The Morgan fingerprint density at radius 2 is 1.68 bits per heavy atom. The van der Waals surface area contributed by atoms with Gasteiger partial charge in [-0.15, -0.1) is 0 Å². The number of ether oxygens (including phenoxy) is 1. The average molecular weight is 606 g/mol. The molecule has 9 heteroatoms. The van der Waals surface area contributed by atoms with Gasteiger partial charge in [0.25, 0.3) is 0 Å². The van der Waals surface area contributed by atoms with Gasteiger partial charge in [0, 0.05) is 12.6 Å². The Balaban J connectivity index is 1.47. The van der Waals surface area contributed by atoms with Gasteiger partial charge in [0.2, 0.25) is 17.7 Å². The third-order valence-corrected chi connectivity index (χ3v) is 9.50. The van der Waals surface area contributed by atoms with Gasteiger partial charge in [-0.3, -0.25) is 14.4 Å². The standard InChI is InChI=1S/C35H51N5O4/c1-5-39(6-2)23-21-27-14-15-28-16-19-31(34(42)37-22-20-25-12-17-29(44-4)18-13-25)40(28)35(43)32(27)38-33(41)30(36-3)24-26-10-8-7-9-11-26/h7-13,17-18,27-28,30-32,36H,5-6,14-16,19-24H2,1-4H3,(H,37,42)(H,38,41)/t27?,28-,30?,31-,32?/m0/s1. The first-order valence-electron chi connectivity index (χ1n) is 16.3. The van der Waals surface area contributed by atoms with E-state index in [-0.39, 0.29) is 29.7 Å². The van der Waals surface area contributed by atoms with Crippen LogP contribution in [0.1, 0.15) is 57.1 Å². The smallest absolute Gasteiger partial charge is 0.246 e. The highest BCUT2D eigenvalue weighted by atomic mass is 16.5. The molecule has 2 aromatic rings. The zero-order valence-electron chi connectivity index (χ0n) is 26.9. The van der Waals surface area contributed by atoms with Crippen LogP contribution in [0.3, 0.4) is 0 Å². The lowest BCUT2D eigenvalue weighted by molar-refractivity contribution is -0.143. The molecule has 2 heterocycles.